The van der Waals surface area contributed by atoms with Crippen LogP contribution in [0, 0.1) is 24.4 Å². The van der Waals surface area contributed by atoms with E-state index in [1.165, 1.54) is 6.07 Å². The highest BCUT2D eigenvalue weighted by molar-refractivity contribution is 5.65. The lowest BCUT2D eigenvalue weighted by atomic mass is 10.0. The van der Waals surface area contributed by atoms with Crippen molar-refractivity contribution in [1.29, 1.82) is 0 Å². The molecule has 0 bridgehead atoms. The zero-order chi connectivity index (χ0) is 18.7. The summed E-state index contributed by atoms with van der Waals surface area (Å²) in [5.41, 5.74) is 2.45. The molecule has 3 aromatic rings. The molecular weight excluding hydrogens is 337 g/mol. The minimum atomic E-state index is -0.840. The first kappa shape index (κ1) is 18.1. The Morgan fingerprint density at radius 2 is 1.58 bits per heavy atom. The topological polar surface area (TPSA) is 9.23 Å². The van der Waals surface area contributed by atoms with Crippen molar-refractivity contribution >= 4 is 0 Å². The van der Waals surface area contributed by atoms with Gasteiger partial charge in [-0.15, -0.1) is 0 Å². The van der Waals surface area contributed by atoms with Gasteiger partial charge in [0.2, 0.25) is 0 Å². The molecule has 0 aromatic heterocycles. The molecule has 0 aliphatic carbocycles. The summed E-state index contributed by atoms with van der Waals surface area (Å²) in [4.78, 5) is 0. The minimum Gasteiger partial charge on any atom is -0.489 e. The summed E-state index contributed by atoms with van der Waals surface area (Å²) >= 11 is 0. The van der Waals surface area contributed by atoms with Crippen LogP contribution in [-0.2, 0) is 13.0 Å². The smallest absolute Gasteiger partial charge is 0.166 e. The molecule has 0 aliphatic rings. The molecule has 0 N–H and O–H groups in total. The van der Waals surface area contributed by atoms with E-state index in [9.17, 15) is 13.2 Å². The van der Waals surface area contributed by atoms with E-state index in [0.29, 0.717) is 28.9 Å². The van der Waals surface area contributed by atoms with Crippen LogP contribution in [0.25, 0.3) is 11.1 Å². The molecular formula is C22H19F3O. The Morgan fingerprint density at radius 3 is 2.23 bits per heavy atom. The second kappa shape index (κ2) is 7.65. The van der Waals surface area contributed by atoms with Crippen LogP contribution in [0.1, 0.15) is 23.6 Å². The largest absolute Gasteiger partial charge is 0.489 e. The Balaban J connectivity index is 1.74. The van der Waals surface area contributed by atoms with Gasteiger partial charge in [-0.2, -0.15) is 0 Å². The fourth-order valence-electron chi connectivity index (χ4n) is 2.71. The lowest BCUT2D eigenvalue weighted by Gasteiger charge is -2.10. The van der Waals surface area contributed by atoms with Crippen LogP contribution in [0.2, 0.25) is 0 Å². The average molecular weight is 356 g/mol. The standard InChI is InChI=1S/C22H19F3O/c1-3-16-8-11-19(22(25)21(16)24)17-6-9-18(10-7-17)26-13-15-5-4-14(2)20(23)12-15/h4-12H,3,13H2,1-2H3. The van der Waals surface area contributed by atoms with Gasteiger partial charge in [-0.25, -0.2) is 13.2 Å². The van der Waals surface area contributed by atoms with Gasteiger partial charge in [-0.3, -0.25) is 0 Å². The molecule has 0 fully saturated rings. The molecule has 3 rings (SSSR count). The first-order chi connectivity index (χ1) is 12.5. The van der Waals surface area contributed by atoms with Gasteiger partial charge >= 0.3 is 0 Å². The Morgan fingerprint density at radius 1 is 0.846 bits per heavy atom. The number of halogens is 3. The van der Waals surface area contributed by atoms with E-state index in [4.69, 9.17) is 4.74 Å². The van der Waals surface area contributed by atoms with E-state index in [2.05, 4.69) is 0 Å². The van der Waals surface area contributed by atoms with Gasteiger partial charge < -0.3 is 4.74 Å². The summed E-state index contributed by atoms with van der Waals surface area (Å²) in [6, 6.07) is 14.9. The number of rotatable bonds is 5. The third-order valence-electron chi connectivity index (χ3n) is 4.35. The van der Waals surface area contributed by atoms with Crippen molar-refractivity contribution < 1.29 is 17.9 Å². The molecule has 0 unspecified atom stereocenters. The fourth-order valence-corrected chi connectivity index (χ4v) is 2.71. The van der Waals surface area contributed by atoms with E-state index >= 15 is 0 Å². The predicted molar refractivity (Wildman–Crippen MR) is 96.6 cm³/mol. The number of aryl methyl sites for hydroxylation is 2. The van der Waals surface area contributed by atoms with E-state index in [-0.39, 0.29) is 18.0 Å². The molecule has 0 heterocycles. The van der Waals surface area contributed by atoms with Crippen LogP contribution in [0.15, 0.2) is 54.6 Å². The maximum Gasteiger partial charge on any atom is 0.166 e. The van der Waals surface area contributed by atoms with E-state index in [1.54, 1.807) is 62.4 Å². The highest BCUT2D eigenvalue weighted by Crippen LogP contribution is 2.28. The van der Waals surface area contributed by atoms with Crippen LogP contribution < -0.4 is 4.74 Å². The lowest BCUT2D eigenvalue weighted by molar-refractivity contribution is 0.305. The van der Waals surface area contributed by atoms with Gasteiger partial charge in [-0.1, -0.05) is 43.3 Å². The fraction of sp³-hybridized carbons (Fsp3) is 0.182. The number of ether oxygens (including phenoxy) is 1. The van der Waals surface area contributed by atoms with Crippen LogP contribution >= 0.6 is 0 Å². The molecule has 0 radical (unpaired) electrons. The zero-order valence-corrected chi connectivity index (χ0v) is 14.7. The molecule has 0 spiro atoms. The zero-order valence-electron chi connectivity index (χ0n) is 14.7. The summed E-state index contributed by atoms with van der Waals surface area (Å²) in [5, 5.41) is 0. The maximum atomic E-state index is 14.2. The van der Waals surface area contributed by atoms with Crippen molar-refractivity contribution in [2.75, 3.05) is 0 Å². The SMILES string of the molecule is CCc1ccc(-c2ccc(OCc3ccc(C)c(F)c3)cc2)c(F)c1F. The van der Waals surface area contributed by atoms with E-state index in [0.717, 1.165) is 5.56 Å². The summed E-state index contributed by atoms with van der Waals surface area (Å²) in [6.45, 7) is 3.71. The third kappa shape index (κ3) is 3.74. The van der Waals surface area contributed by atoms with Gasteiger partial charge in [0.1, 0.15) is 18.2 Å². The van der Waals surface area contributed by atoms with Crippen LogP contribution in [0.5, 0.6) is 5.75 Å². The minimum absolute atomic E-state index is 0.215. The molecule has 1 nitrogen and oxygen atoms in total. The van der Waals surface area contributed by atoms with Crippen molar-refractivity contribution in [3.05, 3.63) is 88.7 Å². The first-order valence-electron chi connectivity index (χ1n) is 8.44. The summed E-state index contributed by atoms with van der Waals surface area (Å²) in [5.74, 6) is -1.34. The molecule has 4 heteroatoms. The summed E-state index contributed by atoms with van der Waals surface area (Å²) in [6.07, 6.45) is 0.440. The number of hydrogen-bond acceptors (Lipinski definition) is 1. The van der Waals surface area contributed by atoms with Crippen molar-refractivity contribution in [3.8, 4) is 16.9 Å². The van der Waals surface area contributed by atoms with Crippen LogP contribution in [0.4, 0.5) is 13.2 Å². The molecule has 0 atom stereocenters. The van der Waals surface area contributed by atoms with Crippen LogP contribution in [-0.4, -0.2) is 0 Å². The van der Waals surface area contributed by atoms with Gasteiger partial charge in [0, 0.05) is 5.56 Å². The van der Waals surface area contributed by atoms with Crippen molar-refractivity contribution in [2.45, 2.75) is 26.9 Å². The first-order valence-corrected chi connectivity index (χ1v) is 8.44. The number of hydrogen-bond donors (Lipinski definition) is 0. The average Bonchev–Trinajstić information content (AvgIpc) is 2.65. The van der Waals surface area contributed by atoms with Gasteiger partial charge in [-0.05, 0) is 53.8 Å². The van der Waals surface area contributed by atoms with E-state index < -0.39 is 11.6 Å². The third-order valence-corrected chi connectivity index (χ3v) is 4.35. The molecule has 0 aliphatic heterocycles. The second-order valence-corrected chi connectivity index (χ2v) is 6.15. The monoisotopic (exact) mass is 356 g/mol. The number of benzene rings is 3. The molecule has 26 heavy (non-hydrogen) atoms. The Hall–Kier alpha value is -2.75. The lowest BCUT2D eigenvalue weighted by Crippen LogP contribution is -1.98. The van der Waals surface area contributed by atoms with E-state index in [1.807, 2.05) is 0 Å². The van der Waals surface area contributed by atoms with Gasteiger partial charge in [0.25, 0.3) is 0 Å². The molecule has 0 saturated carbocycles. The Kier molecular flexibility index (Phi) is 5.31. The predicted octanol–water partition coefficient (Wildman–Crippen LogP) is 6.22. The molecule has 134 valence electrons. The van der Waals surface area contributed by atoms with Crippen LogP contribution in [0.3, 0.4) is 0 Å². The van der Waals surface area contributed by atoms with Gasteiger partial charge in [0.05, 0.1) is 0 Å². The second-order valence-electron chi connectivity index (χ2n) is 6.15. The maximum absolute atomic E-state index is 14.2. The van der Waals surface area contributed by atoms with Gasteiger partial charge in [0.15, 0.2) is 11.6 Å². The quantitative estimate of drug-likeness (QED) is 0.527. The van der Waals surface area contributed by atoms with Crippen molar-refractivity contribution in [3.63, 3.8) is 0 Å². The van der Waals surface area contributed by atoms with Crippen molar-refractivity contribution in [1.82, 2.24) is 0 Å². The molecule has 3 aromatic carbocycles. The summed E-state index contributed by atoms with van der Waals surface area (Å²) in [7, 11) is 0. The molecule has 0 saturated heterocycles. The highest BCUT2D eigenvalue weighted by Gasteiger charge is 2.13. The van der Waals surface area contributed by atoms with Crippen molar-refractivity contribution in [2.24, 2.45) is 0 Å². The summed E-state index contributed by atoms with van der Waals surface area (Å²) < 4.78 is 47.4. The molecule has 0 amide bonds. The Labute approximate surface area is 151 Å². The highest BCUT2D eigenvalue weighted by atomic mass is 19.2. The normalized spacial score (nSPS) is 10.8. The Bertz CT molecular complexity index is 917.